The van der Waals surface area contributed by atoms with Gasteiger partial charge in [-0.2, -0.15) is 0 Å². The molecular formula is C17H31NO. The summed E-state index contributed by atoms with van der Waals surface area (Å²) in [5.74, 6) is 0.0589. The monoisotopic (exact) mass is 265 g/mol. The van der Waals surface area contributed by atoms with Gasteiger partial charge in [0.1, 0.15) is 0 Å². The zero-order chi connectivity index (χ0) is 14.5. The highest BCUT2D eigenvalue weighted by atomic mass is 16.2. The van der Waals surface area contributed by atoms with E-state index in [1.165, 1.54) is 11.1 Å². The Hall–Kier alpha value is -1.31. The smallest absolute Gasteiger partial charge is 0.253 e. The molecule has 0 unspecified atom stereocenters. The first-order valence-electron chi connectivity index (χ1n) is 6.56. The summed E-state index contributed by atoms with van der Waals surface area (Å²) in [7, 11) is 3.55. The lowest BCUT2D eigenvalue weighted by Gasteiger charge is -2.22. The summed E-state index contributed by atoms with van der Waals surface area (Å²) in [5.41, 5.74) is 3.36. The molecule has 1 rings (SSSR count). The van der Waals surface area contributed by atoms with Crippen LogP contribution in [0.3, 0.4) is 0 Å². The van der Waals surface area contributed by atoms with E-state index in [0.29, 0.717) is 0 Å². The molecule has 0 fully saturated rings. The van der Waals surface area contributed by atoms with E-state index in [9.17, 15) is 4.79 Å². The van der Waals surface area contributed by atoms with Crippen molar-refractivity contribution in [3.8, 4) is 0 Å². The van der Waals surface area contributed by atoms with Crippen LogP contribution in [0.25, 0.3) is 0 Å². The van der Waals surface area contributed by atoms with Crippen molar-refractivity contribution in [3.63, 3.8) is 0 Å². The van der Waals surface area contributed by atoms with E-state index >= 15 is 0 Å². The quantitative estimate of drug-likeness (QED) is 0.723. The van der Waals surface area contributed by atoms with Gasteiger partial charge < -0.3 is 4.90 Å². The molecule has 0 aromatic heterocycles. The van der Waals surface area contributed by atoms with E-state index in [-0.39, 0.29) is 18.7 Å². The van der Waals surface area contributed by atoms with Crippen LogP contribution < -0.4 is 0 Å². The normalized spacial score (nSPS) is 9.89. The van der Waals surface area contributed by atoms with Gasteiger partial charge in [0.05, 0.1) is 0 Å². The number of aryl methyl sites for hydroxylation is 1. The lowest BCUT2D eigenvalue weighted by atomic mass is 9.83. The Labute approximate surface area is 119 Å². The summed E-state index contributed by atoms with van der Waals surface area (Å²) in [6.07, 6.45) is 0. The van der Waals surface area contributed by atoms with Gasteiger partial charge in [0.25, 0.3) is 5.91 Å². The Morgan fingerprint density at radius 3 is 1.89 bits per heavy atom. The minimum Gasteiger partial charge on any atom is -0.345 e. The van der Waals surface area contributed by atoms with Crippen LogP contribution in [-0.2, 0) is 5.41 Å². The number of amides is 1. The van der Waals surface area contributed by atoms with E-state index in [4.69, 9.17) is 0 Å². The van der Waals surface area contributed by atoms with E-state index in [0.717, 1.165) is 5.56 Å². The highest BCUT2D eigenvalue weighted by Gasteiger charge is 2.17. The Morgan fingerprint density at radius 2 is 1.58 bits per heavy atom. The maximum absolute atomic E-state index is 11.8. The van der Waals surface area contributed by atoms with Crippen molar-refractivity contribution in [2.24, 2.45) is 0 Å². The van der Waals surface area contributed by atoms with E-state index in [1.807, 2.05) is 26.0 Å². The molecule has 2 heteroatoms. The molecule has 1 amide bonds. The molecule has 0 aliphatic carbocycles. The molecule has 0 saturated heterocycles. The molecule has 110 valence electrons. The van der Waals surface area contributed by atoms with Crippen molar-refractivity contribution in [3.05, 3.63) is 34.9 Å². The van der Waals surface area contributed by atoms with E-state index in [1.54, 1.807) is 19.0 Å². The SMILES string of the molecule is C.CC.Cc1cc(C(=O)N(C)C)ccc1C(C)(C)C. The van der Waals surface area contributed by atoms with Crippen molar-refractivity contribution >= 4 is 5.91 Å². The molecular weight excluding hydrogens is 234 g/mol. The molecule has 0 heterocycles. The molecule has 1 aromatic rings. The van der Waals surface area contributed by atoms with Gasteiger partial charge in [0.15, 0.2) is 0 Å². The Bertz CT molecular complexity index is 400. The predicted octanol–water partition coefficient (Wildman–Crippen LogP) is 4.66. The number of hydrogen-bond acceptors (Lipinski definition) is 1. The van der Waals surface area contributed by atoms with Crippen LogP contribution in [0.15, 0.2) is 18.2 Å². The Balaban J connectivity index is 0. The van der Waals surface area contributed by atoms with Crippen LogP contribution in [0.5, 0.6) is 0 Å². The third-order valence-corrected chi connectivity index (χ3v) is 2.69. The molecule has 0 saturated carbocycles. The molecule has 0 N–H and O–H groups in total. The molecule has 1 aromatic carbocycles. The number of rotatable bonds is 1. The Kier molecular flexibility index (Phi) is 8.41. The fourth-order valence-corrected chi connectivity index (χ4v) is 1.90. The summed E-state index contributed by atoms with van der Waals surface area (Å²) in [6, 6.07) is 5.95. The summed E-state index contributed by atoms with van der Waals surface area (Å²) in [4.78, 5) is 13.4. The first-order valence-corrected chi connectivity index (χ1v) is 6.56. The number of nitrogens with zero attached hydrogens (tertiary/aromatic N) is 1. The highest BCUT2D eigenvalue weighted by Crippen LogP contribution is 2.26. The van der Waals surface area contributed by atoms with E-state index < -0.39 is 0 Å². The molecule has 0 aliphatic rings. The van der Waals surface area contributed by atoms with Crippen LogP contribution in [0.2, 0.25) is 0 Å². The fraction of sp³-hybridized carbons (Fsp3) is 0.588. The molecule has 2 nitrogen and oxygen atoms in total. The van der Waals surface area contributed by atoms with Crippen LogP contribution in [-0.4, -0.2) is 24.9 Å². The largest absolute Gasteiger partial charge is 0.345 e. The van der Waals surface area contributed by atoms with Gasteiger partial charge in [0, 0.05) is 19.7 Å². The number of benzene rings is 1. The van der Waals surface area contributed by atoms with Gasteiger partial charge in [-0.05, 0) is 35.6 Å². The summed E-state index contributed by atoms with van der Waals surface area (Å²) in [6.45, 7) is 12.6. The minimum absolute atomic E-state index is 0. The number of carbonyl (C=O) groups is 1. The second-order valence-electron chi connectivity index (χ2n) is 5.48. The van der Waals surface area contributed by atoms with Crippen molar-refractivity contribution < 1.29 is 4.79 Å². The summed E-state index contributed by atoms with van der Waals surface area (Å²) in [5, 5.41) is 0. The second kappa shape index (κ2) is 7.98. The average molecular weight is 265 g/mol. The molecule has 0 radical (unpaired) electrons. The van der Waals surface area contributed by atoms with Crippen molar-refractivity contribution in [2.45, 2.75) is 54.4 Å². The Morgan fingerprint density at radius 1 is 1.11 bits per heavy atom. The first-order chi connectivity index (χ1) is 8.23. The maximum Gasteiger partial charge on any atom is 0.253 e. The lowest BCUT2D eigenvalue weighted by Crippen LogP contribution is -2.22. The van der Waals surface area contributed by atoms with Gasteiger partial charge >= 0.3 is 0 Å². The predicted molar refractivity (Wildman–Crippen MR) is 86.0 cm³/mol. The summed E-state index contributed by atoms with van der Waals surface area (Å²) < 4.78 is 0. The van der Waals surface area contributed by atoms with Crippen molar-refractivity contribution in [2.75, 3.05) is 14.1 Å². The minimum atomic E-state index is 0. The van der Waals surface area contributed by atoms with Crippen LogP contribution in [0, 0.1) is 6.92 Å². The third-order valence-electron chi connectivity index (χ3n) is 2.69. The first kappa shape index (κ1) is 20.0. The van der Waals surface area contributed by atoms with Gasteiger partial charge in [-0.15, -0.1) is 0 Å². The maximum atomic E-state index is 11.8. The fourth-order valence-electron chi connectivity index (χ4n) is 1.90. The number of hydrogen-bond donors (Lipinski definition) is 0. The van der Waals surface area contributed by atoms with Crippen LogP contribution in [0.1, 0.15) is 63.5 Å². The molecule has 19 heavy (non-hydrogen) atoms. The van der Waals surface area contributed by atoms with E-state index in [2.05, 4.69) is 33.8 Å². The second-order valence-corrected chi connectivity index (χ2v) is 5.48. The molecule has 0 bridgehead atoms. The van der Waals surface area contributed by atoms with Gasteiger partial charge in [0.2, 0.25) is 0 Å². The van der Waals surface area contributed by atoms with Gasteiger partial charge in [-0.25, -0.2) is 0 Å². The van der Waals surface area contributed by atoms with Gasteiger partial charge in [-0.3, -0.25) is 4.79 Å². The van der Waals surface area contributed by atoms with Crippen molar-refractivity contribution in [1.82, 2.24) is 4.90 Å². The molecule has 0 atom stereocenters. The van der Waals surface area contributed by atoms with Crippen molar-refractivity contribution in [1.29, 1.82) is 0 Å². The van der Waals surface area contributed by atoms with Gasteiger partial charge in [-0.1, -0.05) is 48.1 Å². The standard InChI is InChI=1S/C14H21NO.C2H6.CH4/c1-10-9-11(13(16)15(5)6)7-8-12(10)14(2,3)4;1-2;/h7-9H,1-6H3;1-2H3;1H4. The average Bonchev–Trinajstić information content (AvgIpc) is 2.28. The molecule has 0 aliphatic heterocycles. The topological polar surface area (TPSA) is 20.3 Å². The van der Waals surface area contributed by atoms with Crippen LogP contribution >= 0.6 is 0 Å². The summed E-state index contributed by atoms with van der Waals surface area (Å²) >= 11 is 0. The number of carbonyl (C=O) groups excluding carboxylic acids is 1. The zero-order valence-electron chi connectivity index (χ0n) is 13.1. The zero-order valence-corrected chi connectivity index (χ0v) is 13.1. The lowest BCUT2D eigenvalue weighted by molar-refractivity contribution is 0.0827. The van der Waals surface area contributed by atoms with Crippen LogP contribution in [0.4, 0.5) is 0 Å². The highest BCUT2D eigenvalue weighted by molar-refractivity contribution is 5.94. The molecule has 0 spiro atoms. The third kappa shape index (κ3) is 5.46.